The Morgan fingerprint density at radius 3 is 2.03 bits per heavy atom. The highest BCUT2D eigenvalue weighted by Gasteiger charge is 2.31. The standard InChI is InChI=1S/C30H40O3.C2H6/c1-7-29(6,32)18-17-25-13-14-26(21-23(25)4)30(8-2,9-3)27-15-16-28(24(5)22-27)33-20-12-10-11-19-31;1-2/h13-16,19,21-22,32H,7-12,20H2,1-6H3;1-2H3. The first-order valence-corrected chi connectivity index (χ1v) is 13.3. The second-order valence-corrected chi connectivity index (χ2v) is 9.19. The van der Waals surface area contributed by atoms with Gasteiger partial charge in [-0.15, -0.1) is 0 Å². The lowest BCUT2D eigenvalue weighted by atomic mass is 9.70. The largest absolute Gasteiger partial charge is 0.493 e. The molecule has 2 rings (SSSR count). The molecule has 0 aliphatic carbocycles. The minimum Gasteiger partial charge on any atom is -0.493 e. The van der Waals surface area contributed by atoms with Gasteiger partial charge in [0.05, 0.1) is 6.61 Å². The summed E-state index contributed by atoms with van der Waals surface area (Å²) in [6.07, 6.45) is 5.89. The summed E-state index contributed by atoms with van der Waals surface area (Å²) in [5.74, 6) is 7.08. The molecular weight excluding hydrogens is 432 g/mol. The van der Waals surface area contributed by atoms with Crippen LogP contribution in [0.2, 0.25) is 0 Å². The molecule has 0 bridgehead atoms. The molecule has 0 aliphatic rings. The van der Waals surface area contributed by atoms with Crippen molar-refractivity contribution in [3.05, 3.63) is 64.2 Å². The zero-order chi connectivity index (χ0) is 26.5. The van der Waals surface area contributed by atoms with Crippen LogP contribution in [0.3, 0.4) is 0 Å². The van der Waals surface area contributed by atoms with E-state index >= 15 is 0 Å². The third-order valence-electron chi connectivity index (χ3n) is 6.84. The molecule has 0 saturated heterocycles. The third kappa shape index (κ3) is 8.25. The van der Waals surface area contributed by atoms with E-state index in [0.29, 0.717) is 19.4 Å². The second-order valence-electron chi connectivity index (χ2n) is 9.19. The molecule has 0 aromatic heterocycles. The minimum atomic E-state index is -0.961. The predicted molar refractivity (Wildman–Crippen MR) is 148 cm³/mol. The first kappa shape index (κ1) is 30.5. The van der Waals surface area contributed by atoms with E-state index in [1.54, 1.807) is 6.92 Å². The van der Waals surface area contributed by atoms with Gasteiger partial charge in [0.2, 0.25) is 0 Å². The highest BCUT2D eigenvalue weighted by molar-refractivity contribution is 5.50. The van der Waals surface area contributed by atoms with Crippen molar-refractivity contribution in [2.24, 2.45) is 0 Å². The summed E-state index contributed by atoms with van der Waals surface area (Å²) >= 11 is 0. The number of hydrogen-bond acceptors (Lipinski definition) is 3. The van der Waals surface area contributed by atoms with E-state index in [9.17, 15) is 9.90 Å². The summed E-state index contributed by atoms with van der Waals surface area (Å²) < 4.78 is 5.97. The van der Waals surface area contributed by atoms with Crippen molar-refractivity contribution in [2.45, 2.75) is 105 Å². The monoisotopic (exact) mass is 478 g/mol. The maximum Gasteiger partial charge on any atom is 0.122 e. The van der Waals surface area contributed by atoms with Crippen LogP contribution in [0, 0.1) is 25.7 Å². The van der Waals surface area contributed by atoms with Crippen LogP contribution in [0.15, 0.2) is 36.4 Å². The summed E-state index contributed by atoms with van der Waals surface area (Å²) in [5.41, 5.74) is 4.77. The van der Waals surface area contributed by atoms with Gasteiger partial charge >= 0.3 is 0 Å². The Morgan fingerprint density at radius 1 is 0.914 bits per heavy atom. The van der Waals surface area contributed by atoms with Gasteiger partial charge in [0, 0.05) is 17.4 Å². The fourth-order valence-electron chi connectivity index (χ4n) is 4.25. The van der Waals surface area contributed by atoms with Gasteiger partial charge in [0.1, 0.15) is 17.6 Å². The van der Waals surface area contributed by atoms with E-state index < -0.39 is 5.60 Å². The number of rotatable bonds is 11. The van der Waals surface area contributed by atoms with Gasteiger partial charge in [-0.05, 0) is 87.3 Å². The number of carbonyl (C=O) groups is 1. The lowest BCUT2D eigenvalue weighted by Gasteiger charge is -2.34. The fourth-order valence-corrected chi connectivity index (χ4v) is 4.25. The molecule has 3 heteroatoms. The fraction of sp³-hybridized carbons (Fsp3) is 0.531. The quantitative estimate of drug-likeness (QED) is 0.204. The normalized spacial score (nSPS) is 12.5. The molecule has 0 heterocycles. The molecule has 0 spiro atoms. The second kappa shape index (κ2) is 14.7. The molecule has 2 aromatic rings. The molecule has 0 fully saturated rings. The molecule has 0 radical (unpaired) electrons. The Morgan fingerprint density at radius 2 is 1.51 bits per heavy atom. The van der Waals surface area contributed by atoms with Crippen LogP contribution in [0.5, 0.6) is 5.75 Å². The van der Waals surface area contributed by atoms with Crippen molar-refractivity contribution < 1.29 is 14.6 Å². The zero-order valence-electron chi connectivity index (χ0n) is 23.3. The van der Waals surface area contributed by atoms with Crippen LogP contribution in [0.1, 0.15) is 108 Å². The summed E-state index contributed by atoms with van der Waals surface area (Å²) in [6.45, 7) is 17.0. The molecule has 0 saturated carbocycles. The number of hydrogen-bond donors (Lipinski definition) is 1. The maximum absolute atomic E-state index is 10.5. The summed E-state index contributed by atoms with van der Waals surface area (Å²) in [6, 6.07) is 13.1. The Labute approximate surface area is 214 Å². The maximum atomic E-state index is 10.5. The van der Waals surface area contributed by atoms with Gasteiger partial charge in [0.25, 0.3) is 0 Å². The molecular formula is C32H46O3. The van der Waals surface area contributed by atoms with E-state index in [1.165, 1.54) is 11.1 Å². The molecule has 1 atom stereocenters. The van der Waals surface area contributed by atoms with E-state index in [2.05, 4.69) is 75.9 Å². The van der Waals surface area contributed by atoms with Crippen molar-refractivity contribution in [3.8, 4) is 17.6 Å². The van der Waals surface area contributed by atoms with E-state index in [-0.39, 0.29) is 5.41 Å². The number of benzene rings is 2. The molecule has 35 heavy (non-hydrogen) atoms. The summed E-state index contributed by atoms with van der Waals surface area (Å²) in [5, 5.41) is 10.2. The average Bonchev–Trinajstić information content (AvgIpc) is 2.87. The van der Waals surface area contributed by atoms with Crippen molar-refractivity contribution in [1.29, 1.82) is 0 Å². The topological polar surface area (TPSA) is 46.5 Å². The Bertz CT molecular complexity index is 988. The number of ether oxygens (including phenoxy) is 1. The highest BCUT2D eigenvalue weighted by atomic mass is 16.5. The van der Waals surface area contributed by atoms with Gasteiger partial charge in [-0.1, -0.05) is 70.7 Å². The van der Waals surface area contributed by atoms with E-state index in [4.69, 9.17) is 4.74 Å². The SMILES string of the molecule is CC.CCC(C)(O)C#Cc1ccc(C(CC)(CC)c2ccc(OCCCCC=O)c(C)c2)cc1C. The van der Waals surface area contributed by atoms with Crippen LogP contribution in [-0.2, 0) is 10.2 Å². The van der Waals surface area contributed by atoms with Gasteiger partial charge in [-0.25, -0.2) is 0 Å². The Balaban J connectivity index is 0.00000298. The zero-order valence-corrected chi connectivity index (χ0v) is 23.3. The van der Waals surface area contributed by atoms with Gasteiger partial charge < -0.3 is 14.6 Å². The lowest BCUT2D eigenvalue weighted by molar-refractivity contribution is -0.107. The van der Waals surface area contributed by atoms with Crippen LogP contribution in [-0.4, -0.2) is 23.6 Å². The van der Waals surface area contributed by atoms with Crippen LogP contribution >= 0.6 is 0 Å². The van der Waals surface area contributed by atoms with Gasteiger partial charge in [-0.3, -0.25) is 0 Å². The third-order valence-corrected chi connectivity index (χ3v) is 6.84. The number of aliphatic hydroxyl groups is 1. The molecule has 1 N–H and O–H groups in total. The van der Waals surface area contributed by atoms with Crippen molar-refractivity contribution in [1.82, 2.24) is 0 Å². The molecule has 0 aliphatic heterocycles. The molecule has 1 unspecified atom stereocenters. The van der Waals surface area contributed by atoms with Crippen molar-refractivity contribution in [3.63, 3.8) is 0 Å². The van der Waals surface area contributed by atoms with Gasteiger partial charge in [0.15, 0.2) is 0 Å². The molecule has 2 aromatic carbocycles. The number of aldehydes is 1. The summed E-state index contributed by atoms with van der Waals surface area (Å²) in [4.78, 5) is 10.5. The Kier molecular flexibility index (Phi) is 12.8. The first-order valence-electron chi connectivity index (χ1n) is 13.3. The van der Waals surface area contributed by atoms with Crippen molar-refractivity contribution in [2.75, 3.05) is 6.61 Å². The van der Waals surface area contributed by atoms with E-state index in [0.717, 1.165) is 54.4 Å². The Hall–Kier alpha value is -2.57. The number of carbonyl (C=O) groups excluding carboxylic acids is 1. The minimum absolute atomic E-state index is 0.0844. The highest BCUT2D eigenvalue weighted by Crippen LogP contribution is 2.40. The first-order chi connectivity index (χ1) is 16.7. The molecule has 3 nitrogen and oxygen atoms in total. The lowest BCUT2D eigenvalue weighted by Crippen LogP contribution is -2.26. The number of aryl methyl sites for hydroxylation is 2. The van der Waals surface area contributed by atoms with Crippen molar-refractivity contribution >= 4 is 6.29 Å². The van der Waals surface area contributed by atoms with Crippen LogP contribution in [0.4, 0.5) is 0 Å². The number of unbranched alkanes of at least 4 members (excludes halogenated alkanes) is 2. The smallest absolute Gasteiger partial charge is 0.122 e. The predicted octanol–water partition coefficient (Wildman–Crippen LogP) is 7.70. The van der Waals surface area contributed by atoms with E-state index in [1.807, 2.05) is 20.8 Å². The molecule has 192 valence electrons. The molecule has 0 amide bonds. The van der Waals surface area contributed by atoms with Crippen LogP contribution in [0.25, 0.3) is 0 Å². The average molecular weight is 479 g/mol. The van der Waals surface area contributed by atoms with Crippen LogP contribution < -0.4 is 4.74 Å². The summed E-state index contributed by atoms with van der Waals surface area (Å²) in [7, 11) is 0. The van der Waals surface area contributed by atoms with Gasteiger partial charge in [-0.2, -0.15) is 0 Å².